The Balaban J connectivity index is 0.00000186. The molecule has 4 aromatic rings. The highest BCUT2D eigenvalue weighted by Gasteiger charge is 2.13. The SMILES string of the molecule is C#C.C=C/C(=C\C(=C/C)c1ccc(NC)c(Cc2nc3c(-c4cccnc4)cncc3[nH]2)c1)CNCC. The van der Waals surface area contributed by atoms with E-state index in [4.69, 9.17) is 4.98 Å². The van der Waals surface area contributed by atoms with E-state index in [9.17, 15) is 0 Å². The molecule has 3 heterocycles. The first kappa shape index (κ1) is 27.1. The third kappa shape index (κ3) is 6.60. The number of hydrogen-bond donors (Lipinski definition) is 3. The topological polar surface area (TPSA) is 78.5 Å². The summed E-state index contributed by atoms with van der Waals surface area (Å²) < 4.78 is 0. The lowest BCUT2D eigenvalue weighted by Crippen LogP contribution is -2.15. The van der Waals surface area contributed by atoms with Crippen LogP contribution in [-0.2, 0) is 6.42 Å². The van der Waals surface area contributed by atoms with Gasteiger partial charge in [-0.25, -0.2) is 4.98 Å². The number of fused-ring (bicyclic) bond motifs is 1. The molecular formula is C31H34N6. The monoisotopic (exact) mass is 490 g/mol. The van der Waals surface area contributed by atoms with Gasteiger partial charge in [-0.15, -0.1) is 12.8 Å². The summed E-state index contributed by atoms with van der Waals surface area (Å²) in [5.41, 5.74) is 9.52. The van der Waals surface area contributed by atoms with Crippen molar-refractivity contribution in [3.8, 4) is 24.0 Å². The van der Waals surface area contributed by atoms with E-state index >= 15 is 0 Å². The number of likely N-dealkylation sites (N-methyl/N-ethyl adjacent to an activating group) is 1. The van der Waals surface area contributed by atoms with Gasteiger partial charge in [0.15, 0.2) is 0 Å². The summed E-state index contributed by atoms with van der Waals surface area (Å²) in [7, 11) is 1.95. The van der Waals surface area contributed by atoms with Crippen LogP contribution in [0.4, 0.5) is 5.69 Å². The van der Waals surface area contributed by atoms with Gasteiger partial charge in [0.25, 0.3) is 0 Å². The fourth-order valence-corrected chi connectivity index (χ4v) is 4.13. The van der Waals surface area contributed by atoms with Crippen molar-refractivity contribution in [1.82, 2.24) is 25.3 Å². The molecule has 0 radical (unpaired) electrons. The zero-order chi connectivity index (χ0) is 26.6. The Morgan fingerprint density at radius 2 is 1.97 bits per heavy atom. The first-order chi connectivity index (χ1) is 18.2. The lowest BCUT2D eigenvalue weighted by molar-refractivity contribution is 0.785. The molecular weight excluding hydrogens is 456 g/mol. The minimum Gasteiger partial charge on any atom is -0.388 e. The molecule has 0 aliphatic rings. The maximum atomic E-state index is 4.95. The summed E-state index contributed by atoms with van der Waals surface area (Å²) in [6.45, 7) is 9.87. The molecule has 0 aliphatic heterocycles. The van der Waals surface area contributed by atoms with E-state index in [0.29, 0.717) is 6.42 Å². The van der Waals surface area contributed by atoms with Gasteiger partial charge < -0.3 is 15.6 Å². The van der Waals surface area contributed by atoms with Crippen LogP contribution in [0.5, 0.6) is 0 Å². The van der Waals surface area contributed by atoms with Crippen LogP contribution in [0.25, 0.3) is 27.7 Å². The molecule has 1 aromatic carbocycles. The normalized spacial score (nSPS) is 11.6. The Morgan fingerprint density at radius 1 is 1.14 bits per heavy atom. The van der Waals surface area contributed by atoms with Gasteiger partial charge >= 0.3 is 0 Å². The first-order valence-electron chi connectivity index (χ1n) is 12.2. The third-order valence-electron chi connectivity index (χ3n) is 5.97. The zero-order valence-electron chi connectivity index (χ0n) is 21.8. The minimum atomic E-state index is 0.664. The number of allylic oxidation sites excluding steroid dienone is 3. The number of H-pyrrole nitrogens is 1. The Bertz CT molecular complexity index is 1410. The van der Waals surface area contributed by atoms with Crippen LogP contribution in [0.1, 0.15) is 30.8 Å². The fourth-order valence-electron chi connectivity index (χ4n) is 4.13. The number of terminal acetylenes is 1. The smallest absolute Gasteiger partial charge is 0.111 e. The lowest BCUT2D eigenvalue weighted by atomic mass is 9.98. The van der Waals surface area contributed by atoms with E-state index in [1.165, 1.54) is 5.56 Å². The standard InChI is InChI=1S/C29H32N6.C2H2/c1-5-20(16-31-7-3)13-21(6-2)22-10-11-26(30-4)24(14-22)15-28-34-27-19-33-18-25(29(27)35-28)23-9-8-12-32-17-23;1-2/h5-6,8-14,17-19,30-31H,1,7,15-16H2,2-4H3,(H,34,35);1-2H/b20-13+,21-6+;. The number of anilines is 1. The summed E-state index contributed by atoms with van der Waals surface area (Å²) >= 11 is 0. The van der Waals surface area contributed by atoms with E-state index in [1.807, 2.05) is 43.8 Å². The van der Waals surface area contributed by atoms with Crippen molar-refractivity contribution in [2.24, 2.45) is 0 Å². The van der Waals surface area contributed by atoms with Crippen molar-refractivity contribution in [2.45, 2.75) is 20.3 Å². The van der Waals surface area contributed by atoms with E-state index < -0.39 is 0 Å². The molecule has 3 aromatic heterocycles. The molecule has 0 bridgehead atoms. The summed E-state index contributed by atoms with van der Waals surface area (Å²) in [5.74, 6) is 0.892. The molecule has 0 atom stereocenters. The Hall–Kier alpha value is -4.47. The minimum absolute atomic E-state index is 0.664. The molecule has 0 fully saturated rings. The van der Waals surface area contributed by atoms with Gasteiger partial charge in [-0.05, 0) is 53.9 Å². The number of nitrogens with zero attached hydrogens (tertiary/aromatic N) is 3. The van der Waals surface area contributed by atoms with Gasteiger partial charge in [0.2, 0.25) is 0 Å². The summed E-state index contributed by atoms with van der Waals surface area (Å²) in [6.07, 6.45) is 22.2. The quantitative estimate of drug-likeness (QED) is 0.187. The molecule has 37 heavy (non-hydrogen) atoms. The van der Waals surface area contributed by atoms with Gasteiger partial charge in [-0.2, -0.15) is 0 Å². The molecule has 0 amide bonds. The number of benzene rings is 1. The summed E-state index contributed by atoms with van der Waals surface area (Å²) in [4.78, 5) is 17.1. The number of hydrogen-bond acceptors (Lipinski definition) is 5. The van der Waals surface area contributed by atoms with Crippen LogP contribution >= 0.6 is 0 Å². The fraction of sp³-hybridized carbons (Fsp3) is 0.194. The molecule has 0 unspecified atom stereocenters. The highest BCUT2D eigenvalue weighted by Crippen LogP contribution is 2.28. The van der Waals surface area contributed by atoms with Crippen molar-refractivity contribution >= 4 is 22.3 Å². The second-order valence-corrected chi connectivity index (χ2v) is 8.25. The second-order valence-electron chi connectivity index (χ2n) is 8.25. The number of pyridine rings is 2. The average molecular weight is 491 g/mol. The number of aromatic amines is 1. The third-order valence-corrected chi connectivity index (χ3v) is 5.97. The maximum absolute atomic E-state index is 4.95. The second kappa shape index (κ2) is 13.6. The number of imidazole rings is 1. The van der Waals surface area contributed by atoms with Crippen LogP contribution in [0.2, 0.25) is 0 Å². The van der Waals surface area contributed by atoms with Crippen LogP contribution in [0.15, 0.2) is 85.5 Å². The molecule has 4 rings (SSSR count). The van der Waals surface area contributed by atoms with Crippen molar-refractivity contribution in [3.63, 3.8) is 0 Å². The Morgan fingerprint density at radius 3 is 2.65 bits per heavy atom. The van der Waals surface area contributed by atoms with Crippen molar-refractivity contribution in [2.75, 3.05) is 25.5 Å². The molecule has 6 heteroatoms. The van der Waals surface area contributed by atoms with Crippen LogP contribution < -0.4 is 10.6 Å². The van der Waals surface area contributed by atoms with Crippen LogP contribution in [0.3, 0.4) is 0 Å². The average Bonchev–Trinajstić information content (AvgIpc) is 3.37. The number of aromatic nitrogens is 4. The van der Waals surface area contributed by atoms with Gasteiger partial charge in [-0.3, -0.25) is 9.97 Å². The molecule has 188 valence electrons. The zero-order valence-corrected chi connectivity index (χ0v) is 21.8. The highest BCUT2D eigenvalue weighted by molar-refractivity contribution is 5.90. The number of rotatable bonds is 10. The van der Waals surface area contributed by atoms with E-state index in [0.717, 1.165) is 63.5 Å². The van der Waals surface area contributed by atoms with Gasteiger partial charge in [0, 0.05) is 55.4 Å². The van der Waals surface area contributed by atoms with E-state index in [-0.39, 0.29) is 0 Å². The van der Waals surface area contributed by atoms with Crippen molar-refractivity contribution in [1.29, 1.82) is 0 Å². The van der Waals surface area contributed by atoms with Crippen molar-refractivity contribution in [3.05, 3.63) is 102 Å². The van der Waals surface area contributed by atoms with Gasteiger partial charge in [0.1, 0.15) is 5.82 Å². The summed E-state index contributed by atoms with van der Waals surface area (Å²) in [5, 5.41) is 6.70. The molecule has 0 aliphatic carbocycles. The molecule has 0 spiro atoms. The molecule has 3 N–H and O–H groups in total. The number of nitrogens with one attached hydrogen (secondary N) is 3. The predicted octanol–water partition coefficient (Wildman–Crippen LogP) is 6.03. The van der Waals surface area contributed by atoms with Crippen LogP contribution in [0, 0.1) is 12.8 Å². The van der Waals surface area contributed by atoms with E-state index in [1.54, 1.807) is 6.20 Å². The lowest BCUT2D eigenvalue weighted by Gasteiger charge is -2.12. The Labute approximate surface area is 219 Å². The van der Waals surface area contributed by atoms with Gasteiger partial charge in [0.05, 0.1) is 17.2 Å². The van der Waals surface area contributed by atoms with E-state index in [2.05, 4.69) is 89.2 Å². The summed E-state index contributed by atoms with van der Waals surface area (Å²) in [6, 6.07) is 10.5. The van der Waals surface area contributed by atoms with Crippen molar-refractivity contribution < 1.29 is 0 Å². The highest BCUT2D eigenvalue weighted by atomic mass is 14.9. The van der Waals surface area contributed by atoms with Crippen LogP contribution in [-0.4, -0.2) is 40.1 Å². The molecule has 0 saturated heterocycles. The molecule has 6 nitrogen and oxygen atoms in total. The van der Waals surface area contributed by atoms with Gasteiger partial charge in [-0.1, -0.05) is 43.9 Å². The first-order valence-corrected chi connectivity index (χ1v) is 12.2. The predicted molar refractivity (Wildman–Crippen MR) is 156 cm³/mol. The maximum Gasteiger partial charge on any atom is 0.111 e. The largest absolute Gasteiger partial charge is 0.388 e. The molecule has 0 saturated carbocycles. The Kier molecular flexibility index (Phi) is 9.95.